The minimum absolute atomic E-state index is 0.0787. The third-order valence-corrected chi connectivity index (χ3v) is 1.97. The number of ether oxygens (including phenoxy) is 1. The Morgan fingerprint density at radius 2 is 2.27 bits per heavy atom. The van der Waals surface area contributed by atoms with Gasteiger partial charge in [-0.2, -0.15) is 0 Å². The van der Waals surface area contributed by atoms with E-state index in [1.54, 1.807) is 18.2 Å². The lowest BCUT2D eigenvalue weighted by Crippen LogP contribution is -2.29. The molecule has 0 radical (unpaired) electrons. The second-order valence-electron chi connectivity index (χ2n) is 3.41. The van der Waals surface area contributed by atoms with Gasteiger partial charge >= 0.3 is 0 Å². The van der Waals surface area contributed by atoms with Crippen LogP contribution in [-0.2, 0) is 0 Å². The number of hydrogen-bond donors (Lipinski definition) is 1. The second-order valence-corrected chi connectivity index (χ2v) is 3.87. The quantitative estimate of drug-likeness (QED) is 0.855. The van der Waals surface area contributed by atoms with Crippen molar-refractivity contribution in [2.24, 2.45) is 0 Å². The summed E-state index contributed by atoms with van der Waals surface area (Å²) in [5.41, 5.74) is 1.03. The minimum atomic E-state index is -0.0787. The van der Waals surface area contributed by atoms with Crippen LogP contribution in [0.1, 0.15) is 24.2 Å². The Labute approximate surface area is 97.9 Å². The maximum absolute atomic E-state index is 11.6. The zero-order valence-corrected chi connectivity index (χ0v) is 10.4. The number of halogens is 1. The Balaban J connectivity index is 2.76. The molecule has 1 rings (SSSR count). The minimum Gasteiger partial charge on any atom is -0.482 e. The smallest absolute Gasteiger partial charge is 0.251 e. The lowest BCUT2D eigenvalue weighted by Gasteiger charge is -2.09. The van der Waals surface area contributed by atoms with Gasteiger partial charge in [-0.3, -0.25) is 4.79 Å². The molecule has 0 aliphatic heterocycles. The Bertz CT molecular complexity index is 339. The molecule has 1 aromatic rings. The van der Waals surface area contributed by atoms with Crippen molar-refractivity contribution in [2.45, 2.75) is 19.9 Å². The highest BCUT2D eigenvalue weighted by atomic mass is 79.9. The summed E-state index contributed by atoms with van der Waals surface area (Å²) in [7, 11) is 0. The molecule has 0 heterocycles. The fraction of sp³-hybridized carbons (Fsp3) is 0.364. The normalized spacial score (nSPS) is 10.1. The lowest BCUT2D eigenvalue weighted by atomic mass is 10.2. The van der Waals surface area contributed by atoms with Crippen molar-refractivity contribution in [3.8, 4) is 5.75 Å². The highest BCUT2D eigenvalue weighted by Crippen LogP contribution is 2.13. The van der Waals surface area contributed by atoms with Crippen LogP contribution in [0.3, 0.4) is 0 Å². The van der Waals surface area contributed by atoms with E-state index in [4.69, 9.17) is 4.74 Å². The van der Waals surface area contributed by atoms with Crippen LogP contribution in [0.2, 0.25) is 0 Å². The van der Waals surface area contributed by atoms with E-state index in [1.165, 1.54) is 0 Å². The van der Waals surface area contributed by atoms with Crippen LogP contribution in [0, 0.1) is 0 Å². The first-order valence-electron chi connectivity index (χ1n) is 4.73. The molecule has 0 aromatic heterocycles. The summed E-state index contributed by atoms with van der Waals surface area (Å²) in [6.45, 7) is 3.85. The van der Waals surface area contributed by atoms with Crippen LogP contribution < -0.4 is 10.1 Å². The maximum atomic E-state index is 11.6. The SMILES string of the molecule is CC(C)NC(=O)c1cccc(OCBr)c1. The molecule has 4 heteroatoms. The Morgan fingerprint density at radius 1 is 1.53 bits per heavy atom. The van der Waals surface area contributed by atoms with Gasteiger partial charge in [-0.25, -0.2) is 0 Å². The molecule has 0 aliphatic carbocycles. The maximum Gasteiger partial charge on any atom is 0.251 e. The Kier molecular flexibility index (Phi) is 4.62. The summed E-state index contributed by atoms with van der Waals surface area (Å²) in [5.74, 6) is 0.605. The van der Waals surface area contributed by atoms with Crippen LogP contribution in [0.4, 0.5) is 0 Å². The number of amides is 1. The highest BCUT2D eigenvalue weighted by Gasteiger charge is 2.07. The van der Waals surface area contributed by atoms with E-state index < -0.39 is 0 Å². The zero-order valence-electron chi connectivity index (χ0n) is 8.79. The van der Waals surface area contributed by atoms with Crippen molar-refractivity contribution in [1.29, 1.82) is 0 Å². The highest BCUT2D eigenvalue weighted by molar-refractivity contribution is 9.09. The van der Waals surface area contributed by atoms with Gasteiger partial charge in [-0.15, -0.1) is 0 Å². The monoisotopic (exact) mass is 271 g/mol. The number of carbonyl (C=O) groups is 1. The Morgan fingerprint density at radius 3 is 2.87 bits per heavy atom. The molecular formula is C11H14BrNO2. The molecule has 1 amide bonds. The van der Waals surface area contributed by atoms with E-state index in [2.05, 4.69) is 21.2 Å². The van der Waals surface area contributed by atoms with Gasteiger partial charge in [0.25, 0.3) is 5.91 Å². The summed E-state index contributed by atoms with van der Waals surface area (Å²) < 4.78 is 5.24. The van der Waals surface area contributed by atoms with E-state index in [-0.39, 0.29) is 11.9 Å². The van der Waals surface area contributed by atoms with Gasteiger partial charge in [-0.05, 0) is 48.0 Å². The first-order valence-corrected chi connectivity index (χ1v) is 5.85. The fourth-order valence-corrected chi connectivity index (χ4v) is 1.40. The van der Waals surface area contributed by atoms with Gasteiger partial charge in [0.1, 0.15) is 11.3 Å². The van der Waals surface area contributed by atoms with E-state index in [9.17, 15) is 4.79 Å². The summed E-state index contributed by atoms with van der Waals surface area (Å²) in [5, 5.41) is 2.82. The molecule has 82 valence electrons. The number of rotatable bonds is 4. The van der Waals surface area contributed by atoms with Gasteiger partial charge in [-0.1, -0.05) is 6.07 Å². The number of alkyl halides is 1. The van der Waals surface area contributed by atoms with Gasteiger partial charge in [0.15, 0.2) is 0 Å². The number of nitrogens with one attached hydrogen (secondary N) is 1. The first kappa shape index (κ1) is 12.0. The summed E-state index contributed by atoms with van der Waals surface area (Å²) in [4.78, 5) is 11.6. The van der Waals surface area contributed by atoms with Crippen molar-refractivity contribution in [2.75, 3.05) is 5.52 Å². The standard InChI is InChI=1S/C11H14BrNO2/c1-8(2)13-11(14)9-4-3-5-10(6-9)15-7-12/h3-6,8H,7H2,1-2H3,(H,13,14). The van der Waals surface area contributed by atoms with Crippen LogP contribution >= 0.6 is 15.9 Å². The van der Waals surface area contributed by atoms with Crippen LogP contribution in [0.15, 0.2) is 24.3 Å². The summed E-state index contributed by atoms with van der Waals surface area (Å²) >= 11 is 3.17. The molecule has 0 saturated carbocycles. The van der Waals surface area contributed by atoms with E-state index in [0.717, 1.165) is 0 Å². The lowest BCUT2D eigenvalue weighted by molar-refractivity contribution is 0.0943. The molecule has 0 atom stereocenters. The van der Waals surface area contributed by atoms with Crippen molar-refractivity contribution >= 4 is 21.8 Å². The Hall–Kier alpha value is -1.03. The van der Waals surface area contributed by atoms with Crippen molar-refractivity contribution < 1.29 is 9.53 Å². The topological polar surface area (TPSA) is 38.3 Å². The molecule has 0 aliphatic rings. The van der Waals surface area contributed by atoms with E-state index in [1.807, 2.05) is 19.9 Å². The molecule has 3 nitrogen and oxygen atoms in total. The molecular weight excluding hydrogens is 258 g/mol. The van der Waals surface area contributed by atoms with Crippen LogP contribution in [0.5, 0.6) is 5.75 Å². The summed E-state index contributed by atoms with van der Waals surface area (Å²) in [6.07, 6.45) is 0. The fourth-order valence-electron chi connectivity index (χ4n) is 1.14. The third kappa shape index (κ3) is 3.91. The zero-order chi connectivity index (χ0) is 11.3. The summed E-state index contributed by atoms with van der Waals surface area (Å²) in [6, 6.07) is 7.23. The van der Waals surface area contributed by atoms with Crippen LogP contribution in [0.25, 0.3) is 0 Å². The number of carbonyl (C=O) groups excluding carboxylic acids is 1. The van der Waals surface area contributed by atoms with Crippen molar-refractivity contribution in [1.82, 2.24) is 5.32 Å². The molecule has 0 saturated heterocycles. The van der Waals surface area contributed by atoms with E-state index in [0.29, 0.717) is 16.8 Å². The number of hydrogen-bond acceptors (Lipinski definition) is 2. The second kappa shape index (κ2) is 5.75. The molecule has 0 unspecified atom stereocenters. The van der Waals surface area contributed by atoms with Gasteiger partial charge < -0.3 is 10.1 Å². The third-order valence-electron chi connectivity index (χ3n) is 1.74. The molecule has 1 N–H and O–H groups in total. The van der Waals surface area contributed by atoms with Crippen molar-refractivity contribution in [3.05, 3.63) is 29.8 Å². The molecule has 0 bridgehead atoms. The molecule has 15 heavy (non-hydrogen) atoms. The molecule has 0 fully saturated rings. The van der Waals surface area contributed by atoms with Crippen molar-refractivity contribution in [3.63, 3.8) is 0 Å². The van der Waals surface area contributed by atoms with Crippen LogP contribution in [-0.4, -0.2) is 17.5 Å². The largest absolute Gasteiger partial charge is 0.482 e. The van der Waals surface area contributed by atoms with E-state index >= 15 is 0 Å². The first-order chi connectivity index (χ1) is 7.13. The average molecular weight is 272 g/mol. The predicted molar refractivity (Wildman–Crippen MR) is 63.5 cm³/mol. The molecule has 1 aromatic carbocycles. The molecule has 0 spiro atoms. The van der Waals surface area contributed by atoms with Gasteiger partial charge in [0.05, 0.1) is 0 Å². The number of benzene rings is 1. The average Bonchev–Trinajstić information content (AvgIpc) is 2.17. The van der Waals surface area contributed by atoms with Gasteiger partial charge in [0.2, 0.25) is 0 Å². The predicted octanol–water partition coefficient (Wildman–Crippen LogP) is 2.56. The van der Waals surface area contributed by atoms with Gasteiger partial charge in [0, 0.05) is 11.6 Å².